The SMILES string of the molecule is CN(C)CCOc1ccc(NC2CCNC2)cc1. The van der Waals surface area contributed by atoms with E-state index in [4.69, 9.17) is 4.74 Å². The molecule has 1 aromatic rings. The van der Waals surface area contributed by atoms with E-state index in [1.807, 2.05) is 26.2 Å². The van der Waals surface area contributed by atoms with Gasteiger partial charge in [-0.25, -0.2) is 0 Å². The van der Waals surface area contributed by atoms with E-state index in [1.54, 1.807) is 0 Å². The molecule has 0 aromatic heterocycles. The molecule has 0 saturated carbocycles. The highest BCUT2D eigenvalue weighted by molar-refractivity contribution is 5.47. The summed E-state index contributed by atoms with van der Waals surface area (Å²) in [5, 5.41) is 6.87. The third-order valence-electron chi connectivity index (χ3n) is 3.09. The molecule has 1 unspecified atom stereocenters. The van der Waals surface area contributed by atoms with E-state index >= 15 is 0 Å². The van der Waals surface area contributed by atoms with Crippen molar-refractivity contribution < 1.29 is 4.74 Å². The number of anilines is 1. The van der Waals surface area contributed by atoms with Gasteiger partial charge in [-0.2, -0.15) is 0 Å². The van der Waals surface area contributed by atoms with E-state index < -0.39 is 0 Å². The van der Waals surface area contributed by atoms with Crippen molar-refractivity contribution in [2.45, 2.75) is 12.5 Å². The van der Waals surface area contributed by atoms with Gasteiger partial charge in [0.25, 0.3) is 0 Å². The Morgan fingerprint density at radius 3 is 2.72 bits per heavy atom. The molecule has 100 valence electrons. The van der Waals surface area contributed by atoms with E-state index in [-0.39, 0.29) is 0 Å². The van der Waals surface area contributed by atoms with Crippen LogP contribution in [0.25, 0.3) is 0 Å². The normalized spacial score (nSPS) is 19.2. The van der Waals surface area contributed by atoms with Crippen LogP contribution in [0.5, 0.6) is 5.75 Å². The number of benzene rings is 1. The smallest absolute Gasteiger partial charge is 0.119 e. The van der Waals surface area contributed by atoms with Crippen molar-refractivity contribution in [2.24, 2.45) is 0 Å². The Bertz CT molecular complexity index is 345. The first kappa shape index (κ1) is 13.2. The fraction of sp³-hybridized carbons (Fsp3) is 0.571. The number of ether oxygens (including phenoxy) is 1. The van der Waals surface area contributed by atoms with Crippen molar-refractivity contribution in [3.63, 3.8) is 0 Å². The highest BCUT2D eigenvalue weighted by Crippen LogP contribution is 2.17. The molecular formula is C14H23N3O. The van der Waals surface area contributed by atoms with Crippen LogP contribution in [0.3, 0.4) is 0 Å². The lowest BCUT2D eigenvalue weighted by Crippen LogP contribution is -2.22. The third kappa shape index (κ3) is 4.20. The van der Waals surface area contributed by atoms with Crippen LogP contribution in [0, 0.1) is 0 Å². The van der Waals surface area contributed by atoms with Crippen molar-refractivity contribution in [2.75, 3.05) is 45.7 Å². The van der Waals surface area contributed by atoms with Gasteiger partial charge in [0, 0.05) is 24.8 Å². The molecule has 0 spiro atoms. The van der Waals surface area contributed by atoms with Crippen molar-refractivity contribution in [3.05, 3.63) is 24.3 Å². The standard InChI is InChI=1S/C14H23N3O/c1-17(2)9-10-18-14-5-3-12(4-6-14)16-13-7-8-15-11-13/h3-6,13,15-16H,7-11H2,1-2H3. The van der Waals surface area contributed by atoms with Crippen molar-refractivity contribution in [1.82, 2.24) is 10.2 Å². The van der Waals surface area contributed by atoms with E-state index in [0.717, 1.165) is 32.0 Å². The molecule has 1 saturated heterocycles. The zero-order valence-electron chi connectivity index (χ0n) is 11.3. The molecule has 1 fully saturated rings. The largest absolute Gasteiger partial charge is 0.492 e. The van der Waals surface area contributed by atoms with Crippen molar-refractivity contribution in [3.8, 4) is 5.75 Å². The average molecular weight is 249 g/mol. The summed E-state index contributed by atoms with van der Waals surface area (Å²) in [4.78, 5) is 2.11. The van der Waals surface area contributed by atoms with Crippen LogP contribution < -0.4 is 15.4 Å². The monoisotopic (exact) mass is 249 g/mol. The second kappa shape index (κ2) is 6.61. The average Bonchev–Trinajstić information content (AvgIpc) is 2.84. The Morgan fingerprint density at radius 2 is 2.11 bits per heavy atom. The zero-order chi connectivity index (χ0) is 12.8. The number of nitrogens with one attached hydrogen (secondary N) is 2. The molecule has 0 aliphatic carbocycles. The quantitative estimate of drug-likeness (QED) is 0.799. The maximum absolute atomic E-state index is 5.66. The van der Waals surface area contributed by atoms with Gasteiger partial charge in [0.2, 0.25) is 0 Å². The molecule has 2 N–H and O–H groups in total. The summed E-state index contributed by atoms with van der Waals surface area (Å²) >= 11 is 0. The van der Waals surface area contributed by atoms with Crippen LogP contribution in [-0.4, -0.2) is 51.3 Å². The van der Waals surface area contributed by atoms with Crippen LogP contribution >= 0.6 is 0 Å². The van der Waals surface area contributed by atoms with Crippen LogP contribution in [-0.2, 0) is 0 Å². The van der Waals surface area contributed by atoms with Crippen LogP contribution in [0.1, 0.15) is 6.42 Å². The molecule has 1 heterocycles. The Hall–Kier alpha value is -1.26. The zero-order valence-corrected chi connectivity index (χ0v) is 11.3. The van der Waals surface area contributed by atoms with Crippen LogP contribution in [0.2, 0.25) is 0 Å². The van der Waals surface area contributed by atoms with Gasteiger partial charge in [0.05, 0.1) is 0 Å². The lowest BCUT2D eigenvalue weighted by atomic mass is 10.2. The molecule has 1 aromatic carbocycles. The number of rotatable bonds is 6. The van der Waals surface area contributed by atoms with E-state index in [1.165, 1.54) is 12.1 Å². The van der Waals surface area contributed by atoms with Gasteiger partial charge in [-0.3, -0.25) is 0 Å². The van der Waals surface area contributed by atoms with Gasteiger partial charge in [0.15, 0.2) is 0 Å². The summed E-state index contributed by atoms with van der Waals surface area (Å²) < 4.78 is 5.66. The third-order valence-corrected chi connectivity index (χ3v) is 3.09. The predicted molar refractivity (Wildman–Crippen MR) is 75.4 cm³/mol. The highest BCUT2D eigenvalue weighted by Gasteiger charge is 2.13. The van der Waals surface area contributed by atoms with Crippen molar-refractivity contribution >= 4 is 5.69 Å². The summed E-state index contributed by atoms with van der Waals surface area (Å²) in [7, 11) is 4.10. The van der Waals surface area contributed by atoms with Gasteiger partial charge in [-0.05, 0) is 51.3 Å². The maximum atomic E-state index is 5.66. The van der Waals surface area contributed by atoms with Gasteiger partial charge in [-0.15, -0.1) is 0 Å². The first-order valence-electron chi connectivity index (χ1n) is 6.59. The molecule has 1 atom stereocenters. The highest BCUT2D eigenvalue weighted by atomic mass is 16.5. The lowest BCUT2D eigenvalue weighted by molar-refractivity contribution is 0.261. The summed E-state index contributed by atoms with van der Waals surface area (Å²) in [5.41, 5.74) is 1.17. The Labute approximate surface area is 109 Å². The predicted octanol–water partition coefficient (Wildman–Crippen LogP) is 1.40. The molecule has 0 amide bonds. The first-order valence-corrected chi connectivity index (χ1v) is 6.59. The molecule has 1 aliphatic rings. The fourth-order valence-corrected chi connectivity index (χ4v) is 2.01. The number of likely N-dealkylation sites (N-methyl/N-ethyl adjacent to an activating group) is 1. The summed E-state index contributed by atoms with van der Waals surface area (Å²) in [6.07, 6.45) is 1.20. The van der Waals surface area contributed by atoms with Gasteiger partial charge < -0.3 is 20.3 Å². The maximum Gasteiger partial charge on any atom is 0.119 e. The molecule has 2 rings (SSSR count). The Kier molecular flexibility index (Phi) is 4.84. The molecule has 4 heteroatoms. The van der Waals surface area contributed by atoms with E-state index in [0.29, 0.717) is 6.04 Å². The van der Waals surface area contributed by atoms with Gasteiger partial charge >= 0.3 is 0 Å². The number of hydrogen-bond donors (Lipinski definition) is 2. The Balaban J connectivity index is 1.77. The molecular weight excluding hydrogens is 226 g/mol. The topological polar surface area (TPSA) is 36.5 Å². The minimum atomic E-state index is 0.561. The second-order valence-electron chi connectivity index (χ2n) is 5.01. The minimum Gasteiger partial charge on any atom is -0.492 e. The lowest BCUT2D eigenvalue weighted by Gasteiger charge is -2.14. The van der Waals surface area contributed by atoms with E-state index in [2.05, 4.69) is 27.7 Å². The molecule has 0 bridgehead atoms. The fourth-order valence-electron chi connectivity index (χ4n) is 2.01. The van der Waals surface area contributed by atoms with Gasteiger partial charge in [0.1, 0.15) is 12.4 Å². The molecule has 0 radical (unpaired) electrons. The van der Waals surface area contributed by atoms with Crippen molar-refractivity contribution in [1.29, 1.82) is 0 Å². The molecule has 18 heavy (non-hydrogen) atoms. The van der Waals surface area contributed by atoms with Crippen LogP contribution in [0.4, 0.5) is 5.69 Å². The Morgan fingerprint density at radius 1 is 1.33 bits per heavy atom. The summed E-state index contributed by atoms with van der Waals surface area (Å²) in [5.74, 6) is 0.937. The molecule has 1 aliphatic heterocycles. The number of hydrogen-bond acceptors (Lipinski definition) is 4. The summed E-state index contributed by atoms with van der Waals surface area (Å²) in [6, 6.07) is 8.79. The summed E-state index contributed by atoms with van der Waals surface area (Å²) in [6.45, 7) is 3.84. The van der Waals surface area contributed by atoms with Gasteiger partial charge in [-0.1, -0.05) is 0 Å². The minimum absolute atomic E-state index is 0.561. The first-order chi connectivity index (χ1) is 8.74. The second-order valence-corrected chi connectivity index (χ2v) is 5.01. The van der Waals surface area contributed by atoms with Crippen LogP contribution in [0.15, 0.2) is 24.3 Å². The van der Waals surface area contributed by atoms with E-state index in [9.17, 15) is 0 Å². The molecule has 4 nitrogen and oxygen atoms in total. The number of nitrogens with zero attached hydrogens (tertiary/aromatic N) is 1.